The van der Waals surface area contributed by atoms with Gasteiger partial charge in [0, 0.05) is 6.04 Å². The molecule has 1 fully saturated rings. The summed E-state index contributed by atoms with van der Waals surface area (Å²) in [6.45, 7) is 3.22. The summed E-state index contributed by atoms with van der Waals surface area (Å²) in [7, 11) is 1.39. The van der Waals surface area contributed by atoms with Crippen molar-refractivity contribution < 1.29 is 18.4 Å². The van der Waals surface area contributed by atoms with E-state index in [1.54, 1.807) is 19.3 Å². The number of aryl methyl sites for hydroxylation is 1. The Balaban J connectivity index is 1.76. The van der Waals surface area contributed by atoms with Crippen LogP contribution in [0, 0.1) is 6.92 Å². The molecule has 2 aromatic rings. The lowest BCUT2D eigenvalue weighted by Crippen LogP contribution is -2.32. The van der Waals surface area contributed by atoms with Gasteiger partial charge in [-0.25, -0.2) is 4.79 Å². The van der Waals surface area contributed by atoms with Crippen molar-refractivity contribution in [2.24, 2.45) is 0 Å². The molecule has 0 amide bonds. The molecule has 0 radical (unpaired) electrons. The monoisotopic (exact) mass is 317 g/mol. The largest absolute Gasteiger partial charge is 0.468 e. The average Bonchev–Trinajstić information content (AvgIpc) is 3.27. The number of hydrogen-bond donors (Lipinski definition) is 0. The summed E-state index contributed by atoms with van der Waals surface area (Å²) in [6, 6.07) is 6.24. The van der Waals surface area contributed by atoms with Gasteiger partial charge in [0.25, 0.3) is 0 Å². The number of furan rings is 2. The quantitative estimate of drug-likeness (QED) is 0.756. The first-order valence-corrected chi connectivity index (χ1v) is 8.11. The Hall–Kier alpha value is -2.01. The second-order valence-electron chi connectivity index (χ2n) is 6.10. The summed E-state index contributed by atoms with van der Waals surface area (Å²) >= 11 is 0. The zero-order valence-corrected chi connectivity index (χ0v) is 13.7. The van der Waals surface area contributed by atoms with Crippen LogP contribution in [0.25, 0.3) is 0 Å². The van der Waals surface area contributed by atoms with E-state index in [0.29, 0.717) is 23.9 Å². The number of hydrogen-bond acceptors (Lipinski definition) is 5. The average molecular weight is 317 g/mol. The maximum absolute atomic E-state index is 11.7. The number of nitrogens with zero attached hydrogens (tertiary/aromatic N) is 1. The smallest absolute Gasteiger partial charge is 0.341 e. The highest BCUT2D eigenvalue weighted by Gasteiger charge is 2.25. The van der Waals surface area contributed by atoms with Crippen molar-refractivity contribution in [2.45, 2.75) is 51.7 Å². The Bertz CT molecular complexity index is 638. The summed E-state index contributed by atoms with van der Waals surface area (Å²) in [4.78, 5) is 14.1. The van der Waals surface area contributed by atoms with Crippen LogP contribution in [0.2, 0.25) is 0 Å². The summed E-state index contributed by atoms with van der Waals surface area (Å²) in [5.74, 6) is 2.00. The lowest BCUT2D eigenvalue weighted by Gasteiger charge is -2.26. The van der Waals surface area contributed by atoms with Gasteiger partial charge < -0.3 is 13.6 Å². The molecule has 0 unspecified atom stereocenters. The topological polar surface area (TPSA) is 55.8 Å². The van der Waals surface area contributed by atoms with Gasteiger partial charge in [-0.2, -0.15) is 0 Å². The lowest BCUT2D eigenvalue weighted by molar-refractivity contribution is 0.0599. The van der Waals surface area contributed by atoms with Crippen LogP contribution in [0.4, 0.5) is 0 Å². The number of methoxy groups -OCH3 is 1. The summed E-state index contributed by atoms with van der Waals surface area (Å²) in [5.41, 5.74) is 0.506. The SMILES string of the molecule is COC(=O)c1cc(CN(Cc2ccco2)C2CCCC2)oc1C. The third-order valence-electron chi connectivity index (χ3n) is 4.51. The number of esters is 1. The van der Waals surface area contributed by atoms with E-state index >= 15 is 0 Å². The first kappa shape index (κ1) is 15.9. The van der Waals surface area contributed by atoms with Crippen molar-refractivity contribution in [3.05, 3.63) is 47.3 Å². The molecule has 2 aromatic heterocycles. The predicted octanol–water partition coefficient (Wildman–Crippen LogP) is 3.91. The van der Waals surface area contributed by atoms with E-state index in [9.17, 15) is 4.79 Å². The van der Waals surface area contributed by atoms with Gasteiger partial charge in [-0.1, -0.05) is 12.8 Å². The number of ether oxygens (including phenoxy) is 1. The van der Waals surface area contributed by atoms with Gasteiger partial charge in [-0.3, -0.25) is 4.90 Å². The normalized spacial score (nSPS) is 15.4. The Kier molecular flexibility index (Phi) is 4.86. The van der Waals surface area contributed by atoms with Crippen molar-refractivity contribution in [2.75, 3.05) is 7.11 Å². The molecule has 2 heterocycles. The van der Waals surface area contributed by atoms with Gasteiger partial charge in [0.1, 0.15) is 22.8 Å². The molecule has 1 aliphatic carbocycles. The highest BCUT2D eigenvalue weighted by Crippen LogP contribution is 2.27. The Morgan fingerprint density at radius 3 is 2.70 bits per heavy atom. The Morgan fingerprint density at radius 2 is 2.04 bits per heavy atom. The van der Waals surface area contributed by atoms with Crippen LogP contribution in [-0.4, -0.2) is 24.0 Å². The summed E-state index contributed by atoms with van der Waals surface area (Å²) in [6.07, 6.45) is 6.64. The molecule has 23 heavy (non-hydrogen) atoms. The number of rotatable bonds is 6. The van der Waals surface area contributed by atoms with Crippen LogP contribution in [-0.2, 0) is 17.8 Å². The molecule has 1 aliphatic rings. The van der Waals surface area contributed by atoms with E-state index in [4.69, 9.17) is 13.6 Å². The number of carbonyl (C=O) groups is 1. The maximum atomic E-state index is 11.7. The predicted molar refractivity (Wildman–Crippen MR) is 85.0 cm³/mol. The summed E-state index contributed by atoms with van der Waals surface area (Å²) < 4.78 is 16.1. The zero-order chi connectivity index (χ0) is 16.2. The molecular weight excluding hydrogens is 294 g/mol. The van der Waals surface area contributed by atoms with Gasteiger partial charge in [0.05, 0.1) is 26.5 Å². The minimum absolute atomic E-state index is 0.351. The van der Waals surface area contributed by atoms with Crippen molar-refractivity contribution in [1.29, 1.82) is 0 Å². The van der Waals surface area contributed by atoms with E-state index in [1.165, 1.54) is 32.8 Å². The molecule has 1 saturated carbocycles. The van der Waals surface area contributed by atoms with Crippen LogP contribution < -0.4 is 0 Å². The van der Waals surface area contributed by atoms with Gasteiger partial charge in [0.15, 0.2) is 0 Å². The fraction of sp³-hybridized carbons (Fsp3) is 0.500. The molecule has 0 aliphatic heterocycles. The zero-order valence-electron chi connectivity index (χ0n) is 13.7. The molecular formula is C18H23NO4. The van der Waals surface area contributed by atoms with Gasteiger partial charge in [0.2, 0.25) is 0 Å². The van der Waals surface area contributed by atoms with Crippen molar-refractivity contribution in [3.8, 4) is 0 Å². The van der Waals surface area contributed by atoms with Crippen molar-refractivity contribution >= 4 is 5.97 Å². The second-order valence-corrected chi connectivity index (χ2v) is 6.10. The Labute approximate surface area is 136 Å². The molecule has 0 spiro atoms. The van der Waals surface area contributed by atoms with E-state index in [2.05, 4.69) is 4.90 Å². The molecule has 5 nitrogen and oxygen atoms in total. The Morgan fingerprint density at radius 1 is 1.30 bits per heavy atom. The molecule has 0 saturated heterocycles. The van der Waals surface area contributed by atoms with Gasteiger partial charge in [-0.15, -0.1) is 0 Å². The van der Waals surface area contributed by atoms with Gasteiger partial charge in [-0.05, 0) is 38.0 Å². The fourth-order valence-corrected chi connectivity index (χ4v) is 3.32. The molecule has 0 bridgehead atoms. The van der Waals surface area contributed by atoms with Crippen molar-refractivity contribution in [1.82, 2.24) is 4.90 Å². The number of carbonyl (C=O) groups excluding carboxylic acids is 1. The third kappa shape index (κ3) is 3.67. The van der Waals surface area contributed by atoms with E-state index in [0.717, 1.165) is 18.1 Å². The van der Waals surface area contributed by atoms with E-state index in [-0.39, 0.29) is 5.97 Å². The minimum atomic E-state index is -0.351. The van der Waals surface area contributed by atoms with E-state index in [1.807, 2.05) is 12.1 Å². The first-order valence-electron chi connectivity index (χ1n) is 8.11. The molecule has 5 heteroatoms. The highest BCUT2D eigenvalue weighted by atomic mass is 16.5. The van der Waals surface area contributed by atoms with Crippen LogP contribution in [0.3, 0.4) is 0 Å². The minimum Gasteiger partial charge on any atom is -0.468 e. The van der Waals surface area contributed by atoms with Gasteiger partial charge >= 0.3 is 5.97 Å². The van der Waals surface area contributed by atoms with Crippen LogP contribution >= 0.6 is 0 Å². The standard InChI is InChI=1S/C18H23NO4/c1-13-17(18(20)21-2)10-16(23-13)12-19(14-6-3-4-7-14)11-15-8-5-9-22-15/h5,8-10,14H,3-4,6-7,11-12H2,1-2H3. The van der Waals surface area contributed by atoms with Crippen LogP contribution in [0.1, 0.15) is 53.3 Å². The molecule has 124 valence electrons. The molecule has 0 aromatic carbocycles. The second kappa shape index (κ2) is 7.04. The molecule has 3 rings (SSSR count). The highest BCUT2D eigenvalue weighted by molar-refractivity contribution is 5.90. The fourth-order valence-electron chi connectivity index (χ4n) is 3.32. The third-order valence-corrected chi connectivity index (χ3v) is 4.51. The lowest BCUT2D eigenvalue weighted by atomic mass is 10.2. The molecule has 0 N–H and O–H groups in total. The van der Waals surface area contributed by atoms with Crippen LogP contribution in [0.15, 0.2) is 33.3 Å². The van der Waals surface area contributed by atoms with Crippen molar-refractivity contribution in [3.63, 3.8) is 0 Å². The van der Waals surface area contributed by atoms with E-state index < -0.39 is 0 Å². The maximum Gasteiger partial charge on any atom is 0.341 e. The van der Waals surface area contributed by atoms with Crippen LogP contribution in [0.5, 0.6) is 0 Å². The first-order chi connectivity index (χ1) is 11.2. The summed E-state index contributed by atoms with van der Waals surface area (Å²) in [5, 5.41) is 0. The molecule has 0 atom stereocenters.